The van der Waals surface area contributed by atoms with Crippen molar-refractivity contribution in [1.82, 2.24) is 19.7 Å². The Morgan fingerprint density at radius 2 is 2.06 bits per heavy atom. The third-order valence-electron chi connectivity index (χ3n) is 5.54. The zero-order valence-corrected chi connectivity index (χ0v) is 19.9. The second kappa shape index (κ2) is 10.4. The van der Waals surface area contributed by atoms with Gasteiger partial charge >= 0.3 is 0 Å². The summed E-state index contributed by atoms with van der Waals surface area (Å²) in [6.45, 7) is 11.7. The summed E-state index contributed by atoms with van der Waals surface area (Å²) < 4.78 is 13.9. The number of thiazole rings is 1. The zero-order valence-electron chi connectivity index (χ0n) is 19.0. The summed E-state index contributed by atoms with van der Waals surface area (Å²) >= 11 is 1.53. The molecule has 0 bridgehead atoms. The predicted molar refractivity (Wildman–Crippen MR) is 127 cm³/mol. The summed E-state index contributed by atoms with van der Waals surface area (Å²) in [6, 6.07) is 7.87. The van der Waals surface area contributed by atoms with Crippen LogP contribution in [0, 0.1) is 13.8 Å². The lowest BCUT2D eigenvalue weighted by Crippen LogP contribution is -2.40. The lowest BCUT2D eigenvalue weighted by atomic mass is 10.3. The van der Waals surface area contributed by atoms with Gasteiger partial charge in [0.25, 0.3) is 5.91 Å². The minimum absolute atomic E-state index is 0.00210. The molecule has 0 atom stereocenters. The number of benzene rings is 1. The number of hydrogen-bond donors (Lipinski definition) is 0. The van der Waals surface area contributed by atoms with Gasteiger partial charge in [-0.05, 0) is 51.5 Å². The van der Waals surface area contributed by atoms with Crippen molar-refractivity contribution in [3.63, 3.8) is 0 Å². The summed E-state index contributed by atoms with van der Waals surface area (Å²) in [5, 5.41) is 5.19. The van der Waals surface area contributed by atoms with E-state index in [-0.39, 0.29) is 12.5 Å². The number of amides is 1. The smallest absolute Gasteiger partial charge is 0.250 e. The number of fused-ring (bicyclic) bond motifs is 1. The molecular formula is C23H31N5O3S. The molecule has 1 saturated heterocycles. The predicted octanol–water partition coefficient (Wildman–Crippen LogP) is 3.26. The van der Waals surface area contributed by atoms with Gasteiger partial charge in [-0.1, -0.05) is 11.3 Å². The quantitative estimate of drug-likeness (QED) is 0.491. The van der Waals surface area contributed by atoms with Gasteiger partial charge in [0.1, 0.15) is 12.3 Å². The van der Waals surface area contributed by atoms with Crippen LogP contribution in [-0.2, 0) is 16.1 Å². The molecule has 32 heavy (non-hydrogen) atoms. The minimum atomic E-state index is 0.00210. The third-order valence-corrected chi connectivity index (χ3v) is 6.58. The number of carbonyl (C=O) groups is 1. The van der Waals surface area contributed by atoms with Crippen LogP contribution in [0.5, 0.6) is 5.75 Å². The molecule has 1 aliphatic heterocycles. The van der Waals surface area contributed by atoms with Crippen LogP contribution < -0.4 is 9.64 Å². The van der Waals surface area contributed by atoms with Crippen molar-refractivity contribution in [2.75, 3.05) is 50.9 Å². The highest BCUT2D eigenvalue weighted by Gasteiger charge is 2.22. The van der Waals surface area contributed by atoms with Gasteiger partial charge in [0.05, 0.1) is 35.7 Å². The van der Waals surface area contributed by atoms with Gasteiger partial charge in [0, 0.05) is 31.9 Å². The average molecular weight is 458 g/mol. The van der Waals surface area contributed by atoms with E-state index in [4.69, 9.17) is 14.5 Å². The lowest BCUT2D eigenvalue weighted by Gasteiger charge is -2.27. The molecule has 0 N–H and O–H groups in total. The molecule has 4 rings (SSSR count). The molecule has 0 spiro atoms. The first-order chi connectivity index (χ1) is 15.5. The Morgan fingerprint density at radius 1 is 1.25 bits per heavy atom. The number of carbonyl (C=O) groups excluding carboxylic acids is 1. The van der Waals surface area contributed by atoms with Crippen LogP contribution >= 0.6 is 11.3 Å². The van der Waals surface area contributed by atoms with Crippen molar-refractivity contribution in [2.45, 2.75) is 33.7 Å². The standard InChI is InChI=1S/C23H31N5O3S/c1-4-31-19-6-7-20-21(15-19)32-23(24-20)27(9-5-8-26-10-12-30-13-11-26)22(29)16-28-18(3)14-17(2)25-28/h6-7,14-15H,4-5,8-13,16H2,1-3H3. The molecule has 8 nitrogen and oxygen atoms in total. The summed E-state index contributed by atoms with van der Waals surface area (Å²) in [4.78, 5) is 22.4. The summed E-state index contributed by atoms with van der Waals surface area (Å²) in [7, 11) is 0. The van der Waals surface area contributed by atoms with Crippen molar-refractivity contribution in [3.8, 4) is 5.75 Å². The highest BCUT2D eigenvalue weighted by Crippen LogP contribution is 2.32. The molecule has 3 heterocycles. The lowest BCUT2D eigenvalue weighted by molar-refractivity contribution is -0.119. The Labute approximate surface area is 192 Å². The van der Waals surface area contributed by atoms with Gasteiger partial charge in [-0.2, -0.15) is 5.10 Å². The maximum absolute atomic E-state index is 13.4. The summed E-state index contributed by atoms with van der Waals surface area (Å²) in [5.41, 5.74) is 2.78. The number of aromatic nitrogens is 3. The molecule has 2 aromatic heterocycles. The van der Waals surface area contributed by atoms with E-state index in [0.717, 1.165) is 71.8 Å². The van der Waals surface area contributed by atoms with Crippen LogP contribution in [0.3, 0.4) is 0 Å². The number of hydrogen-bond acceptors (Lipinski definition) is 7. The van der Waals surface area contributed by atoms with Crippen LogP contribution in [0.2, 0.25) is 0 Å². The Kier molecular flexibility index (Phi) is 7.39. The zero-order chi connectivity index (χ0) is 22.5. The molecule has 1 aliphatic rings. The first-order valence-electron chi connectivity index (χ1n) is 11.2. The van der Waals surface area contributed by atoms with Crippen LogP contribution in [0.4, 0.5) is 5.13 Å². The van der Waals surface area contributed by atoms with Crippen LogP contribution in [0.25, 0.3) is 10.2 Å². The first-order valence-corrected chi connectivity index (χ1v) is 12.0. The van der Waals surface area contributed by atoms with Gasteiger partial charge in [-0.3, -0.25) is 19.3 Å². The molecule has 9 heteroatoms. The third kappa shape index (κ3) is 5.46. The topological polar surface area (TPSA) is 72.7 Å². The largest absolute Gasteiger partial charge is 0.494 e. The fourth-order valence-corrected chi connectivity index (χ4v) is 4.95. The van der Waals surface area contributed by atoms with Gasteiger partial charge < -0.3 is 9.47 Å². The van der Waals surface area contributed by atoms with E-state index in [1.807, 2.05) is 49.9 Å². The van der Waals surface area contributed by atoms with Crippen molar-refractivity contribution in [2.24, 2.45) is 0 Å². The molecule has 0 radical (unpaired) electrons. The number of rotatable bonds is 9. The van der Waals surface area contributed by atoms with Crippen molar-refractivity contribution < 1.29 is 14.3 Å². The summed E-state index contributed by atoms with van der Waals surface area (Å²) in [5.74, 6) is 0.824. The number of aryl methyl sites for hydroxylation is 2. The maximum atomic E-state index is 13.4. The molecule has 1 aromatic carbocycles. The average Bonchev–Trinajstić information content (AvgIpc) is 3.33. The molecule has 0 unspecified atom stereocenters. The Hall–Kier alpha value is -2.49. The Morgan fingerprint density at radius 3 is 2.78 bits per heavy atom. The number of morpholine rings is 1. The van der Waals surface area contributed by atoms with E-state index in [1.165, 1.54) is 11.3 Å². The number of nitrogens with zero attached hydrogens (tertiary/aromatic N) is 5. The van der Waals surface area contributed by atoms with Gasteiger partial charge in [0.15, 0.2) is 5.13 Å². The first kappa shape index (κ1) is 22.7. The molecule has 0 aliphatic carbocycles. The highest BCUT2D eigenvalue weighted by molar-refractivity contribution is 7.22. The van der Waals surface area contributed by atoms with Crippen molar-refractivity contribution in [1.29, 1.82) is 0 Å². The van der Waals surface area contributed by atoms with Crippen LogP contribution in [-0.4, -0.2) is 71.6 Å². The normalized spacial score (nSPS) is 14.7. The molecule has 1 fully saturated rings. The fourth-order valence-electron chi connectivity index (χ4n) is 3.92. The fraction of sp³-hybridized carbons (Fsp3) is 0.522. The molecular weight excluding hydrogens is 426 g/mol. The minimum Gasteiger partial charge on any atom is -0.494 e. The molecule has 0 saturated carbocycles. The van der Waals surface area contributed by atoms with E-state index >= 15 is 0 Å². The van der Waals surface area contributed by atoms with E-state index in [1.54, 1.807) is 4.68 Å². The van der Waals surface area contributed by atoms with E-state index in [0.29, 0.717) is 13.2 Å². The molecule has 172 valence electrons. The molecule has 3 aromatic rings. The van der Waals surface area contributed by atoms with Gasteiger partial charge in [-0.15, -0.1) is 0 Å². The molecule has 1 amide bonds. The van der Waals surface area contributed by atoms with E-state index < -0.39 is 0 Å². The maximum Gasteiger partial charge on any atom is 0.250 e. The monoisotopic (exact) mass is 457 g/mol. The number of anilines is 1. The van der Waals surface area contributed by atoms with Crippen LogP contribution in [0.15, 0.2) is 24.3 Å². The van der Waals surface area contributed by atoms with Gasteiger partial charge in [0.2, 0.25) is 0 Å². The van der Waals surface area contributed by atoms with Crippen LogP contribution in [0.1, 0.15) is 24.7 Å². The van der Waals surface area contributed by atoms with Crippen molar-refractivity contribution in [3.05, 3.63) is 35.7 Å². The second-order valence-corrected chi connectivity index (χ2v) is 9.01. The van der Waals surface area contributed by atoms with Crippen molar-refractivity contribution >= 4 is 32.6 Å². The number of ether oxygens (including phenoxy) is 2. The summed E-state index contributed by atoms with van der Waals surface area (Å²) in [6.07, 6.45) is 0.878. The SMILES string of the molecule is CCOc1ccc2nc(N(CCCN3CCOCC3)C(=O)Cn3nc(C)cc3C)sc2c1. The Bertz CT molecular complexity index is 1060. The van der Waals surface area contributed by atoms with E-state index in [9.17, 15) is 4.79 Å². The highest BCUT2D eigenvalue weighted by atomic mass is 32.1. The second-order valence-electron chi connectivity index (χ2n) is 8.00. The van der Waals surface area contributed by atoms with Gasteiger partial charge in [-0.25, -0.2) is 4.98 Å². The Balaban J connectivity index is 1.53. The van der Waals surface area contributed by atoms with E-state index in [2.05, 4.69) is 10.00 Å².